The molecule has 0 aromatic heterocycles. The van der Waals surface area contributed by atoms with E-state index in [-0.39, 0.29) is 0 Å². The van der Waals surface area contributed by atoms with Crippen LogP contribution in [0.4, 0.5) is 0 Å². The molecule has 1 atom stereocenters. The van der Waals surface area contributed by atoms with Gasteiger partial charge in [-0.15, -0.1) is 0 Å². The lowest BCUT2D eigenvalue weighted by Gasteiger charge is -2.26. The van der Waals surface area contributed by atoms with Gasteiger partial charge in [0.15, 0.2) is 0 Å². The Hall–Kier alpha value is -0.0800. The zero-order valence-corrected chi connectivity index (χ0v) is 11.5. The summed E-state index contributed by atoms with van der Waals surface area (Å²) in [7, 11) is 2.28. The zero-order valence-electron chi connectivity index (χ0n) is 11.5. The maximum Gasteiger partial charge on any atom is 0.00637 e. The van der Waals surface area contributed by atoms with Gasteiger partial charge in [0.2, 0.25) is 0 Å². The van der Waals surface area contributed by atoms with Gasteiger partial charge in [0.05, 0.1) is 0 Å². The van der Waals surface area contributed by atoms with Crippen LogP contribution in [0.1, 0.15) is 52.4 Å². The molecule has 1 heterocycles. The van der Waals surface area contributed by atoms with E-state index < -0.39 is 0 Å². The van der Waals surface area contributed by atoms with Crippen LogP contribution in [0.25, 0.3) is 0 Å². The van der Waals surface area contributed by atoms with Gasteiger partial charge in [0.1, 0.15) is 0 Å². The first-order valence-electron chi connectivity index (χ1n) is 7.15. The second-order valence-electron chi connectivity index (χ2n) is 5.45. The number of hydrogen-bond acceptors (Lipinski definition) is 2. The van der Waals surface area contributed by atoms with Crippen LogP contribution < -0.4 is 5.32 Å². The van der Waals surface area contributed by atoms with Crippen LogP contribution in [0.2, 0.25) is 0 Å². The van der Waals surface area contributed by atoms with Crippen molar-refractivity contribution in [2.75, 3.05) is 26.7 Å². The first-order chi connectivity index (χ1) is 7.74. The van der Waals surface area contributed by atoms with E-state index in [1.165, 1.54) is 58.2 Å². The maximum atomic E-state index is 3.44. The number of piperidine rings is 1. The normalized spacial score (nSPS) is 20.2. The third-order valence-electron chi connectivity index (χ3n) is 4.04. The van der Waals surface area contributed by atoms with Crippen LogP contribution in [-0.4, -0.2) is 37.6 Å². The van der Waals surface area contributed by atoms with Gasteiger partial charge in [-0.25, -0.2) is 0 Å². The van der Waals surface area contributed by atoms with E-state index in [0.717, 1.165) is 12.0 Å². The van der Waals surface area contributed by atoms with E-state index in [1.54, 1.807) is 0 Å². The predicted molar refractivity (Wildman–Crippen MR) is 71.8 cm³/mol. The quantitative estimate of drug-likeness (QED) is 0.718. The van der Waals surface area contributed by atoms with Gasteiger partial charge in [-0.3, -0.25) is 0 Å². The van der Waals surface area contributed by atoms with Gasteiger partial charge in [-0.1, -0.05) is 13.3 Å². The molecule has 1 saturated heterocycles. The summed E-state index contributed by atoms with van der Waals surface area (Å²) in [6.07, 6.45) is 8.26. The van der Waals surface area contributed by atoms with E-state index in [4.69, 9.17) is 0 Å². The second kappa shape index (κ2) is 8.08. The van der Waals surface area contributed by atoms with E-state index in [9.17, 15) is 0 Å². The number of nitrogens with one attached hydrogen (secondary N) is 1. The SMILES string of the molecule is CCCC(C)N(C)CCCC1CCNCC1. The molecule has 0 aromatic rings. The van der Waals surface area contributed by atoms with Crippen molar-refractivity contribution >= 4 is 0 Å². The second-order valence-corrected chi connectivity index (χ2v) is 5.45. The molecule has 1 aliphatic rings. The van der Waals surface area contributed by atoms with E-state index in [2.05, 4.69) is 31.1 Å². The highest BCUT2D eigenvalue weighted by atomic mass is 15.1. The van der Waals surface area contributed by atoms with Crippen molar-refractivity contribution in [3.8, 4) is 0 Å². The lowest BCUT2D eigenvalue weighted by atomic mass is 9.93. The number of rotatable bonds is 7. The van der Waals surface area contributed by atoms with Crippen molar-refractivity contribution in [3.63, 3.8) is 0 Å². The fraction of sp³-hybridized carbons (Fsp3) is 1.00. The van der Waals surface area contributed by atoms with Gasteiger partial charge in [0.25, 0.3) is 0 Å². The molecule has 1 fully saturated rings. The molecule has 16 heavy (non-hydrogen) atoms. The van der Waals surface area contributed by atoms with Crippen LogP contribution in [0, 0.1) is 5.92 Å². The van der Waals surface area contributed by atoms with Crippen molar-refractivity contribution in [1.29, 1.82) is 0 Å². The molecular weight excluding hydrogens is 196 g/mol. The largest absolute Gasteiger partial charge is 0.317 e. The minimum atomic E-state index is 0.762. The Bertz CT molecular complexity index is 164. The Balaban J connectivity index is 2.04. The maximum absolute atomic E-state index is 3.44. The van der Waals surface area contributed by atoms with Crippen LogP contribution >= 0.6 is 0 Å². The van der Waals surface area contributed by atoms with E-state index >= 15 is 0 Å². The summed E-state index contributed by atoms with van der Waals surface area (Å²) in [5, 5.41) is 3.44. The molecule has 0 spiro atoms. The monoisotopic (exact) mass is 226 g/mol. The molecule has 0 aliphatic carbocycles. The highest BCUT2D eigenvalue weighted by Gasteiger charge is 2.13. The Kier molecular flexibility index (Phi) is 7.06. The minimum Gasteiger partial charge on any atom is -0.317 e. The highest BCUT2D eigenvalue weighted by molar-refractivity contribution is 4.70. The number of nitrogens with zero attached hydrogens (tertiary/aromatic N) is 1. The van der Waals surface area contributed by atoms with Crippen LogP contribution in [0.5, 0.6) is 0 Å². The average Bonchev–Trinajstić information content (AvgIpc) is 2.30. The average molecular weight is 226 g/mol. The van der Waals surface area contributed by atoms with E-state index in [1.807, 2.05) is 0 Å². The smallest absolute Gasteiger partial charge is 0.00637 e. The lowest BCUT2D eigenvalue weighted by Crippen LogP contribution is -2.31. The number of hydrogen-bond donors (Lipinski definition) is 1. The summed E-state index contributed by atoms with van der Waals surface area (Å²) in [6.45, 7) is 8.40. The lowest BCUT2D eigenvalue weighted by molar-refractivity contribution is 0.229. The highest BCUT2D eigenvalue weighted by Crippen LogP contribution is 2.18. The van der Waals surface area contributed by atoms with Crippen LogP contribution in [0.15, 0.2) is 0 Å². The Morgan fingerprint density at radius 1 is 1.31 bits per heavy atom. The first kappa shape index (κ1) is 14.0. The molecule has 0 amide bonds. The fourth-order valence-corrected chi connectivity index (χ4v) is 2.66. The molecule has 0 radical (unpaired) electrons. The standard InChI is InChI=1S/C14H30N2/c1-4-6-13(2)16(3)12-5-7-14-8-10-15-11-9-14/h13-15H,4-12H2,1-3H3. The Morgan fingerprint density at radius 2 is 2.00 bits per heavy atom. The molecule has 2 nitrogen and oxygen atoms in total. The van der Waals surface area contributed by atoms with Crippen molar-refractivity contribution in [2.24, 2.45) is 5.92 Å². The Labute approximate surface area is 102 Å². The summed E-state index contributed by atoms with van der Waals surface area (Å²) in [5.41, 5.74) is 0. The summed E-state index contributed by atoms with van der Waals surface area (Å²) in [6, 6.07) is 0.762. The predicted octanol–water partition coefficient (Wildman–Crippen LogP) is 2.89. The van der Waals surface area contributed by atoms with Gasteiger partial charge in [-0.2, -0.15) is 0 Å². The van der Waals surface area contributed by atoms with E-state index in [0.29, 0.717) is 0 Å². The molecule has 0 bridgehead atoms. The molecule has 1 rings (SSSR count). The third-order valence-corrected chi connectivity index (χ3v) is 4.04. The summed E-state index contributed by atoms with van der Waals surface area (Å²) in [5.74, 6) is 0.996. The topological polar surface area (TPSA) is 15.3 Å². The summed E-state index contributed by atoms with van der Waals surface area (Å²) < 4.78 is 0. The molecule has 2 heteroatoms. The molecule has 1 N–H and O–H groups in total. The van der Waals surface area contributed by atoms with Gasteiger partial charge < -0.3 is 10.2 Å². The van der Waals surface area contributed by atoms with Gasteiger partial charge in [-0.05, 0) is 71.6 Å². The van der Waals surface area contributed by atoms with Crippen molar-refractivity contribution < 1.29 is 0 Å². The minimum absolute atomic E-state index is 0.762. The van der Waals surface area contributed by atoms with Gasteiger partial charge >= 0.3 is 0 Å². The third kappa shape index (κ3) is 5.31. The van der Waals surface area contributed by atoms with Crippen molar-refractivity contribution in [3.05, 3.63) is 0 Å². The first-order valence-corrected chi connectivity index (χ1v) is 7.15. The van der Waals surface area contributed by atoms with Crippen molar-refractivity contribution in [1.82, 2.24) is 10.2 Å². The van der Waals surface area contributed by atoms with Crippen LogP contribution in [-0.2, 0) is 0 Å². The van der Waals surface area contributed by atoms with Crippen LogP contribution in [0.3, 0.4) is 0 Å². The molecular formula is C14H30N2. The Morgan fingerprint density at radius 3 is 2.62 bits per heavy atom. The zero-order chi connectivity index (χ0) is 11.8. The molecule has 0 saturated carbocycles. The summed E-state index contributed by atoms with van der Waals surface area (Å²) in [4.78, 5) is 2.53. The fourth-order valence-electron chi connectivity index (χ4n) is 2.66. The molecule has 1 unspecified atom stereocenters. The molecule has 0 aromatic carbocycles. The molecule has 1 aliphatic heterocycles. The van der Waals surface area contributed by atoms with Gasteiger partial charge in [0, 0.05) is 6.04 Å². The summed E-state index contributed by atoms with van der Waals surface area (Å²) >= 11 is 0. The van der Waals surface area contributed by atoms with Crippen molar-refractivity contribution in [2.45, 2.75) is 58.4 Å². The molecule has 96 valence electrons.